The van der Waals surface area contributed by atoms with E-state index in [1.807, 2.05) is 0 Å². The Kier molecular flexibility index (Phi) is 7.01. The fourth-order valence-corrected chi connectivity index (χ4v) is 4.96. The minimum Gasteiger partial charge on any atom is -0.492 e. The fourth-order valence-electron chi connectivity index (χ4n) is 4.96. The van der Waals surface area contributed by atoms with Crippen molar-refractivity contribution in [3.63, 3.8) is 0 Å². The molecular formula is C23H25NO13. The van der Waals surface area contributed by atoms with Crippen LogP contribution in [0.4, 0.5) is 4.79 Å². The van der Waals surface area contributed by atoms with Gasteiger partial charge in [0.25, 0.3) is 5.91 Å². The summed E-state index contributed by atoms with van der Waals surface area (Å²) in [6.07, 6.45) is -6.82. The van der Waals surface area contributed by atoms with Crippen LogP contribution < -0.4 is 19.5 Å². The van der Waals surface area contributed by atoms with Crippen LogP contribution in [-0.4, -0.2) is 81.4 Å². The van der Waals surface area contributed by atoms with Crippen molar-refractivity contribution in [2.24, 2.45) is 0 Å². The van der Waals surface area contributed by atoms with Crippen LogP contribution in [0.5, 0.6) is 17.2 Å². The average molecular weight is 523 g/mol. The Morgan fingerprint density at radius 2 is 1.46 bits per heavy atom. The normalized spacial score (nSPS) is 27.0. The highest BCUT2D eigenvalue weighted by atomic mass is 16.7. The SMILES string of the molecule is COC(=O)O[C@H]1[C@@H]2NC(=O)c3c(cc4c(c3OC)OCO4)[C@H]2[C@@H](OC(C)=O)[C@H](OC(C)=O)[C@H]1OC(C)=O. The molecule has 1 aromatic carbocycles. The number of esters is 3. The molecule has 1 aromatic rings. The van der Waals surface area contributed by atoms with Crippen LogP contribution in [0, 0.1) is 0 Å². The second kappa shape index (κ2) is 10.0. The van der Waals surface area contributed by atoms with Gasteiger partial charge < -0.3 is 43.2 Å². The van der Waals surface area contributed by atoms with Gasteiger partial charge in [0.2, 0.25) is 12.5 Å². The van der Waals surface area contributed by atoms with Gasteiger partial charge in [0.1, 0.15) is 0 Å². The Hall–Kier alpha value is -4.23. The first kappa shape index (κ1) is 25.9. The highest BCUT2D eigenvalue weighted by molar-refractivity contribution is 6.02. The Balaban J connectivity index is 1.96. The molecule has 0 aromatic heterocycles. The van der Waals surface area contributed by atoms with Gasteiger partial charge in [-0.2, -0.15) is 0 Å². The number of hydrogen-bond donors (Lipinski definition) is 1. The number of carbonyl (C=O) groups excluding carboxylic acids is 5. The van der Waals surface area contributed by atoms with Gasteiger partial charge in [0.05, 0.1) is 31.7 Å². The third kappa shape index (κ3) is 4.66. The lowest BCUT2D eigenvalue weighted by Crippen LogP contribution is -2.69. The smallest absolute Gasteiger partial charge is 0.492 e. The summed E-state index contributed by atoms with van der Waals surface area (Å²) in [5.74, 6) is -3.47. The molecule has 1 aliphatic carbocycles. The molecule has 200 valence electrons. The van der Waals surface area contributed by atoms with Gasteiger partial charge in [-0.05, 0) is 11.6 Å². The monoisotopic (exact) mass is 523 g/mol. The van der Waals surface area contributed by atoms with Crippen LogP contribution in [0.25, 0.3) is 0 Å². The molecule has 2 heterocycles. The van der Waals surface area contributed by atoms with Crippen molar-refractivity contribution in [3.8, 4) is 17.2 Å². The van der Waals surface area contributed by atoms with Crippen molar-refractivity contribution in [1.29, 1.82) is 0 Å². The highest BCUT2D eigenvalue weighted by Crippen LogP contribution is 2.51. The molecule has 2 aliphatic heterocycles. The second-order valence-electron chi connectivity index (χ2n) is 8.39. The van der Waals surface area contributed by atoms with E-state index in [2.05, 4.69) is 10.1 Å². The van der Waals surface area contributed by atoms with Crippen molar-refractivity contribution in [1.82, 2.24) is 5.32 Å². The van der Waals surface area contributed by atoms with Gasteiger partial charge in [-0.1, -0.05) is 0 Å². The zero-order valence-corrected chi connectivity index (χ0v) is 20.6. The van der Waals surface area contributed by atoms with E-state index in [1.54, 1.807) is 0 Å². The van der Waals surface area contributed by atoms with Gasteiger partial charge in [-0.15, -0.1) is 0 Å². The molecule has 1 amide bonds. The number of rotatable bonds is 5. The third-order valence-electron chi connectivity index (χ3n) is 6.11. The lowest BCUT2D eigenvalue weighted by molar-refractivity contribution is -0.212. The van der Waals surface area contributed by atoms with Crippen molar-refractivity contribution in [3.05, 3.63) is 17.2 Å². The minimum absolute atomic E-state index is 0.0504. The molecule has 0 bridgehead atoms. The van der Waals surface area contributed by atoms with Gasteiger partial charge in [-0.3, -0.25) is 19.2 Å². The number of methoxy groups -OCH3 is 2. The van der Waals surface area contributed by atoms with Gasteiger partial charge in [0.15, 0.2) is 35.9 Å². The first-order chi connectivity index (χ1) is 17.6. The zero-order valence-electron chi connectivity index (χ0n) is 20.6. The standard InChI is InChI=1S/C23H25NO13/c1-8(25)34-18-13-11-6-12-16(33-7-32-12)17(30-4)14(11)22(28)24-15(13)19(37-23(29)31-5)21(36-10(3)27)20(18)35-9(2)26/h6,13,15,18-21H,7H2,1-5H3,(H,24,28)/t13-,15-,18-,19+,20+,21+/m1/s1. The maximum atomic E-state index is 13.4. The first-order valence-electron chi connectivity index (χ1n) is 11.1. The van der Waals surface area contributed by atoms with Gasteiger partial charge in [0, 0.05) is 20.8 Å². The van der Waals surface area contributed by atoms with Crippen molar-refractivity contribution in [2.75, 3.05) is 21.0 Å². The van der Waals surface area contributed by atoms with E-state index in [0.717, 1.165) is 27.9 Å². The Labute approximate surface area is 210 Å². The Morgan fingerprint density at radius 3 is 2.03 bits per heavy atom. The van der Waals surface area contributed by atoms with Crippen molar-refractivity contribution < 1.29 is 61.9 Å². The summed E-state index contributed by atoms with van der Waals surface area (Å²) in [7, 11) is 2.40. The summed E-state index contributed by atoms with van der Waals surface area (Å²) in [6, 6.07) is 0.379. The average Bonchev–Trinajstić information content (AvgIpc) is 3.29. The van der Waals surface area contributed by atoms with E-state index in [4.69, 9.17) is 33.2 Å². The van der Waals surface area contributed by atoms with E-state index < -0.39 is 66.3 Å². The van der Waals surface area contributed by atoms with Gasteiger partial charge in [-0.25, -0.2) is 4.79 Å². The summed E-state index contributed by atoms with van der Waals surface area (Å²) in [5, 5.41) is 2.73. The minimum atomic E-state index is -1.48. The van der Waals surface area contributed by atoms with E-state index >= 15 is 0 Å². The largest absolute Gasteiger partial charge is 0.508 e. The van der Waals surface area contributed by atoms with Gasteiger partial charge >= 0.3 is 24.1 Å². The number of fused-ring (bicyclic) bond motifs is 4. The van der Waals surface area contributed by atoms with E-state index in [9.17, 15) is 24.0 Å². The van der Waals surface area contributed by atoms with Crippen molar-refractivity contribution in [2.45, 2.75) is 57.1 Å². The molecule has 1 fully saturated rings. The molecule has 0 unspecified atom stereocenters. The lowest BCUT2D eigenvalue weighted by atomic mass is 9.69. The predicted octanol–water partition coefficient (Wildman–Crippen LogP) is 0.580. The molecule has 0 spiro atoms. The number of nitrogens with one attached hydrogen (secondary N) is 1. The summed E-state index contributed by atoms with van der Waals surface area (Å²) in [6.45, 7) is 3.21. The molecular weight excluding hydrogens is 498 g/mol. The summed E-state index contributed by atoms with van der Waals surface area (Å²) in [5.41, 5.74) is 0.326. The molecule has 4 rings (SSSR count). The Morgan fingerprint density at radius 1 is 0.865 bits per heavy atom. The van der Waals surface area contributed by atoms with Crippen LogP contribution in [-0.2, 0) is 38.1 Å². The van der Waals surface area contributed by atoms with E-state index in [0.29, 0.717) is 0 Å². The number of carbonyl (C=O) groups is 5. The second-order valence-corrected chi connectivity index (χ2v) is 8.39. The molecule has 3 aliphatic rings. The van der Waals surface area contributed by atoms with E-state index in [1.165, 1.54) is 13.2 Å². The number of ether oxygens (including phenoxy) is 8. The van der Waals surface area contributed by atoms with Crippen LogP contribution in [0.3, 0.4) is 0 Å². The first-order valence-corrected chi connectivity index (χ1v) is 11.1. The van der Waals surface area contributed by atoms with Crippen LogP contribution in [0.1, 0.15) is 42.6 Å². The molecule has 1 saturated carbocycles. The number of amides is 1. The van der Waals surface area contributed by atoms with Crippen LogP contribution in [0.2, 0.25) is 0 Å². The molecule has 14 nitrogen and oxygen atoms in total. The molecule has 14 heteroatoms. The lowest BCUT2D eigenvalue weighted by Gasteiger charge is -2.50. The van der Waals surface area contributed by atoms with Crippen LogP contribution >= 0.6 is 0 Å². The molecule has 0 saturated heterocycles. The molecule has 6 atom stereocenters. The third-order valence-corrected chi connectivity index (χ3v) is 6.11. The maximum Gasteiger partial charge on any atom is 0.508 e. The number of hydrogen-bond acceptors (Lipinski definition) is 13. The summed E-state index contributed by atoms with van der Waals surface area (Å²) in [4.78, 5) is 61.9. The van der Waals surface area contributed by atoms with Crippen molar-refractivity contribution >= 4 is 30.0 Å². The maximum absolute atomic E-state index is 13.4. The molecule has 37 heavy (non-hydrogen) atoms. The highest BCUT2D eigenvalue weighted by Gasteiger charge is 2.61. The number of benzene rings is 1. The van der Waals surface area contributed by atoms with E-state index in [-0.39, 0.29) is 35.2 Å². The predicted molar refractivity (Wildman–Crippen MR) is 117 cm³/mol. The molecule has 1 N–H and O–H groups in total. The molecule has 0 radical (unpaired) electrons. The topological polar surface area (TPSA) is 171 Å². The van der Waals surface area contributed by atoms with Crippen LogP contribution in [0.15, 0.2) is 6.07 Å². The fraction of sp³-hybridized carbons (Fsp3) is 0.522. The quantitative estimate of drug-likeness (QED) is 0.420. The zero-order chi connectivity index (χ0) is 27.0. The summed E-state index contributed by atoms with van der Waals surface area (Å²) < 4.78 is 43.0. The summed E-state index contributed by atoms with van der Waals surface area (Å²) >= 11 is 0. The Bertz CT molecular complexity index is 1150.